The van der Waals surface area contributed by atoms with Crippen molar-refractivity contribution < 1.29 is 27.2 Å². The molecule has 0 saturated heterocycles. The van der Waals surface area contributed by atoms with Crippen LogP contribution in [0.2, 0.25) is 0 Å². The van der Waals surface area contributed by atoms with Crippen molar-refractivity contribution in [2.75, 3.05) is 32.3 Å². The molecular formula is C21H32Cl2O6P2Sn. The molecule has 2 aromatic carbocycles. The van der Waals surface area contributed by atoms with Crippen molar-refractivity contribution >= 4 is 56.3 Å². The second-order valence-electron chi connectivity index (χ2n) is 6.34. The molecule has 6 nitrogen and oxygen atoms in total. The van der Waals surface area contributed by atoms with E-state index in [1.807, 2.05) is 60.7 Å². The van der Waals surface area contributed by atoms with Crippen LogP contribution in [-0.4, -0.2) is 48.5 Å². The molecule has 0 bridgehead atoms. The van der Waals surface area contributed by atoms with Crippen LogP contribution in [0.3, 0.4) is 0 Å². The van der Waals surface area contributed by atoms with Gasteiger partial charge in [0.15, 0.2) is 5.90 Å². The van der Waals surface area contributed by atoms with E-state index in [0.717, 1.165) is 7.16 Å². The van der Waals surface area contributed by atoms with Crippen molar-refractivity contribution in [2.45, 2.75) is 27.7 Å². The zero-order chi connectivity index (χ0) is 24.1. The topological polar surface area (TPSA) is 71.1 Å². The standard InChI is InChI=1S/C9H22O6P2.2C6H5.2ClH.Sn/c1-5-12-16(10,13-6-2)9-17(11,14-7-3)15-8-4;2*1-2-4-6-5-3-1;;;/h5-9H2,1-4H3;2*1-5H;2*1H;/q;;;;;+2/p-2. The van der Waals surface area contributed by atoms with Crippen LogP contribution in [0.15, 0.2) is 60.7 Å². The van der Waals surface area contributed by atoms with Crippen molar-refractivity contribution in [1.29, 1.82) is 0 Å². The van der Waals surface area contributed by atoms with Gasteiger partial charge in [0.2, 0.25) is 0 Å². The Labute approximate surface area is 203 Å². The van der Waals surface area contributed by atoms with E-state index in [2.05, 4.69) is 0 Å². The molecular weight excluding hydrogens is 600 g/mol. The summed E-state index contributed by atoms with van der Waals surface area (Å²) in [5, 5.41) is 0. The average Bonchev–Trinajstić information content (AvgIpc) is 2.76. The first-order chi connectivity index (χ1) is 15.2. The Balaban J connectivity index is 0.000000321. The van der Waals surface area contributed by atoms with Crippen LogP contribution < -0.4 is 7.16 Å². The molecule has 0 spiro atoms. The summed E-state index contributed by atoms with van der Waals surface area (Å²) in [7, 11) is 6.30. The molecule has 0 saturated carbocycles. The molecule has 0 aromatic heterocycles. The monoisotopic (exact) mass is 632 g/mol. The van der Waals surface area contributed by atoms with E-state index >= 15 is 0 Å². The van der Waals surface area contributed by atoms with E-state index in [0.29, 0.717) is 0 Å². The summed E-state index contributed by atoms with van der Waals surface area (Å²) in [6.07, 6.45) is 0. The van der Waals surface area contributed by atoms with Gasteiger partial charge in [-0.2, -0.15) is 0 Å². The Morgan fingerprint density at radius 1 is 0.625 bits per heavy atom. The quantitative estimate of drug-likeness (QED) is 0.205. The van der Waals surface area contributed by atoms with Crippen molar-refractivity contribution in [3.8, 4) is 0 Å². The Bertz CT molecular complexity index is 782. The molecule has 0 amide bonds. The molecule has 11 heteroatoms. The number of benzene rings is 2. The van der Waals surface area contributed by atoms with Crippen molar-refractivity contribution in [1.82, 2.24) is 0 Å². The zero-order valence-electron chi connectivity index (χ0n) is 18.9. The van der Waals surface area contributed by atoms with Gasteiger partial charge in [0.05, 0.1) is 26.4 Å². The number of halogens is 2. The molecule has 0 atom stereocenters. The van der Waals surface area contributed by atoms with Gasteiger partial charge in [0.1, 0.15) is 0 Å². The summed E-state index contributed by atoms with van der Waals surface area (Å²) in [5.41, 5.74) is 0. The second-order valence-corrected chi connectivity index (χ2v) is 26.4. The van der Waals surface area contributed by atoms with Gasteiger partial charge in [-0.05, 0) is 27.7 Å². The predicted molar refractivity (Wildman–Crippen MR) is 136 cm³/mol. The van der Waals surface area contributed by atoms with Gasteiger partial charge in [0, 0.05) is 0 Å². The van der Waals surface area contributed by atoms with Crippen molar-refractivity contribution in [3.05, 3.63) is 60.7 Å². The molecule has 2 rings (SSSR count). The summed E-state index contributed by atoms with van der Waals surface area (Å²) in [6.45, 7) is 7.64. The molecule has 0 N–H and O–H groups in total. The van der Waals surface area contributed by atoms with Crippen LogP contribution >= 0.6 is 33.0 Å². The molecule has 2 aromatic rings. The fourth-order valence-corrected chi connectivity index (χ4v) is 15.2. The Morgan fingerprint density at radius 2 is 0.906 bits per heavy atom. The first-order valence-electron chi connectivity index (χ1n) is 10.4. The maximum atomic E-state index is 12.2. The molecule has 0 aliphatic rings. The number of rotatable bonds is 12. The Morgan fingerprint density at radius 3 is 1.16 bits per heavy atom. The summed E-state index contributed by atoms with van der Waals surface area (Å²) >= 11 is -3.30. The number of hydrogen-bond acceptors (Lipinski definition) is 6. The van der Waals surface area contributed by atoms with Gasteiger partial charge in [-0.3, -0.25) is 9.13 Å². The van der Waals surface area contributed by atoms with Crippen LogP contribution in [0, 0.1) is 0 Å². The first kappa shape index (κ1) is 30.1. The molecule has 0 fully saturated rings. The maximum absolute atomic E-state index is 12.2. The summed E-state index contributed by atoms with van der Waals surface area (Å²) < 4.78 is 46.8. The minimum atomic E-state index is -3.41. The van der Waals surface area contributed by atoms with Crippen LogP contribution in [0.4, 0.5) is 0 Å². The van der Waals surface area contributed by atoms with Gasteiger partial charge in [-0.15, -0.1) is 0 Å². The molecule has 0 unspecified atom stereocenters. The van der Waals surface area contributed by atoms with Crippen LogP contribution in [-0.2, 0) is 27.2 Å². The third kappa shape index (κ3) is 10.2. The van der Waals surface area contributed by atoms with E-state index in [-0.39, 0.29) is 32.3 Å². The van der Waals surface area contributed by atoms with Gasteiger partial charge >= 0.3 is 117 Å². The SMILES string of the molecule is CCOP(=O)(CP(=O)(OCC)OCC)OCC.[Cl][Sn]([Cl])([c]1ccccc1)[c]1ccccc1. The van der Waals surface area contributed by atoms with Crippen LogP contribution in [0.25, 0.3) is 0 Å². The minimum absolute atomic E-state index is 0.218. The summed E-state index contributed by atoms with van der Waals surface area (Å²) in [5.74, 6) is -0.344. The number of hydrogen-bond donors (Lipinski definition) is 0. The van der Waals surface area contributed by atoms with Gasteiger partial charge < -0.3 is 18.1 Å². The third-order valence-corrected chi connectivity index (χ3v) is 21.2. The summed E-state index contributed by atoms with van der Waals surface area (Å²) in [6, 6.07) is 19.9. The van der Waals surface area contributed by atoms with Gasteiger partial charge in [0.25, 0.3) is 0 Å². The van der Waals surface area contributed by atoms with E-state index in [9.17, 15) is 9.13 Å². The summed E-state index contributed by atoms with van der Waals surface area (Å²) in [4.78, 5) is 0. The third-order valence-electron chi connectivity index (χ3n) is 3.92. The Kier molecular flexibility index (Phi) is 14.3. The zero-order valence-corrected chi connectivity index (χ0v) is 25.1. The van der Waals surface area contributed by atoms with E-state index in [1.54, 1.807) is 27.7 Å². The molecule has 0 heterocycles. The van der Waals surface area contributed by atoms with E-state index < -0.39 is 31.3 Å². The van der Waals surface area contributed by atoms with Crippen LogP contribution in [0.5, 0.6) is 0 Å². The molecule has 0 aliphatic carbocycles. The van der Waals surface area contributed by atoms with Crippen molar-refractivity contribution in [2.24, 2.45) is 0 Å². The molecule has 180 valence electrons. The fraction of sp³-hybridized carbons (Fsp3) is 0.429. The Hall–Kier alpha value is 0.119. The first-order valence-corrected chi connectivity index (χ1v) is 23.9. The predicted octanol–water partition coefficient (Wildman–Crippen LogP) is 6.20. The van der Waals surface area contributed by atoms with Gasteiger partial charge in [-0.1, -0.05) is 0 Å². The second kappa shape index (κ2) is 15.2. The average molecular weight is 632 g/mol. The molecule has 0 aliphatic heterocycles. The van der Waals surface area contributed by atoms with E-state index in [4.69, 9.17) is 35.9 Å². The van der Waals surface area contributed by atoms with Gasteiger partial charge in [-0.25, -0.2) is 0 Å². The molecule has 32 heavy (non-hydrogen) atoms. The van der Waals surface area contributed by atoms with Crippen LogP contribution in [0.1, 0.15) is 27.7 Å². The fourth-order valence-electron chi connectivity index (χ4n) is 2.70. The normalized spacial score (nSPS) is 12.2. The van der Waals surface area contributed by atoms with E-state index in [1.165, 1.54) is 0 Å². The molecule has 0 radical (unpaired) electrons. The van der Waals surface area contributed by atoms with Crippen molar-refractivity contribution in [3.63, 3.8) is 0 Å².